The molecule has 0 bridgehead atoms. The average molecular weight is 383 g/mol. The van der Waals surface area contributed by atoms with Crippen molar-refractivity contribution in [1.82, 2.24) is 9.66 Å². The van der Waals surface area contributed by atoms with E-state index >= 15 is 0 Å². The molecule has 7 nitrogen and oxygen atoms in total. The van der Waals surface area contributed by atoms with Gasteiger partial charge in [0.1, 0.15) is 15.5 Å². The van der Waals surface area contributed by atoms with Crippen LogP contribution in [0.3, 0.4) is 0 Å². The Balaban J connectivity index is 2.45. The fourth-order valence-corrected chi connectivity index (χ4v) is 4.21. The van der Waals surface area contributed by atoms with E-state index in [0.717, 1.165) is 27.8 Å². The van der Waals surface area contributed by atoms with Crippen molar-refractivity contribution in [3.05, 3.63) is 20.8 Å². The van der Waals surface area contributed by atoms with E-state index in [0.29, 0.717) is 20.7 Å². The van der Waals surface area contributed by atoms with E-state index in [-0.39, 0.29) is 23.3 Å². The largest absolute Gasteiger partial charge is 0.462 e. The number of nitrogens with two attached hydrogens (primary N) is 1. The molecule has 25 heavy (non-hydrogen) atoms. The summed E-state index contributed by atoms with van der Waals surface area (Å²) >= 11 is 2.21. The molecule has 0 fully saturated rings. The minimum Gasteiger partial charge on any atom is -0.462 e. The molecule has 0 aliphatic heterocycles. The molecule has 0 radical (unpaired) electrons. The number of ether oxygens (including phenoxy) is 1. The van der Waals surface area contributed by atoms with Gasteiger partial charge in [0.15, 0.2) is 5.16 Å². The van der Waals surface area contributed by atoms with Gasteiger partial charge in [-0.3, -0.25) is 9.59 Å². The van der Waals surface area contributed by atoms with Crippen LogP contribution in [0.2, 0.25) is 0 Å². The highest BCUT2D eigenvalue weighted by Gasteiger charge is 2.24. The zero-order chi connectivity index (χ0) is 18.9. The summed E-state index contributed by atoms with van der Waals surface area (Å²) in [6.07, 6.45) is 0. The van der Waals surface area contributed by atoms with Crippen LogP contribution in [-0.2, 0) is 9.53 Å². The highest BCUT2D eigenvalue weighted by molar-refractivity contribution is 7.99. The van der Waals surface area contributed by atoms with E-state index in [1.165, 1.54) is 0 Å². The number of thiophene rings is 1. The second-order valence-electron chi connectivity index (χ2n) is 6.49. The summed E-state index contributed by atoms with van der Waals surface area (Å²) in [5.41, 5.74) is -0.412. The van der Waals surface area contributed by atoms with E-state index in [2.05, 4.69) is 4.98 Å². The maximum Gasteiger partial charge on any atom is 0.348 e. The van der Waals surface area contributed by atoms with Crippen molar-refractivity contribution in [3.8, 4) is 0 Å². The van der Waals surface area contributed by atoms with Crippen LogP contribution in [0, 0.1) is 12.3 Å². The zero-order valence-corrected chi connectivity index (χ0v) is 16.5. The first kappa shape index (κ1) is 19.5. The van der Waals surface area contributed by atoms with Gasteiger partial charge in [0.2, 0.25) is 0 Å². The molecule has 2 N–H and O–H groups in total. The van der Waals surface area contributed by atoms with Crippen molar-refractivity contribution >= 4 is 45.1 Å². The number of thioether (sulfide) groups is 1. The third-order valence-electron chi connectivity index (χ3n) is 3.59. The first-order chi connectivity index (χ1) is 11.6. The molecular weight excluding hydrogens is 362 g/mol. The molecule has 2 aromatic rings. The number of hydrogen-bond acceptors (Lipinski definition) is 8. The van der Waals surface area contributed by atoms with Gasteiger partial charge in [0, 0.05) is 5.41 Å². The lowest BCUT2D eigenvalue weighted by molar-refractivity contribution is -0.123. The van der Waals surface area contributed by atoms with Crippen molar-refractivity contribution in [3.63, 3.8) is 0 Å². The molecule has 0 aliphatic rings. The van der Waals surface area contributed by atoms with Gasteiger partial charge in [-0.25, -0.2) is 14.5 Å². The lowest BCUT2D eigenvalue weighted by Crippen LogP contribution is -2.30. The molecule has 0 aromatic carbocycles. The molecule has 0 amide bonds. The van der Waals surface area contributed by atoms with Crippen LogP contribution in [0.5, 0.6) is 0 Å². The highest BCUT2D eigenvalue weighted by Crippen LogP contribution is 2.30. The minimum absolute atomic E-state index is 0.0291. The number of carbonyl (C=O) groups excluding carboxylic acids is 2. The number of aryl methyl sites for hydroxylation is 1. The molecule has 0 atom stereocenters. The number of nitrogen functional groups attached to an aromatic ring is 1. The van der Waals surface area contributed by atoms with Crippen molar-refractivity contribution in [2.24, 2.45) is 5.41 Å². The van der Waals surface area contributed by atoms with Gasteiger partial charge in [-0.2, -0.15) is 0 Å². The summed E-state index contributed by atoms with van der Waals surface area (Å²) in [6, 6.07) is 0. The Bertz CT molecular complexity index is 893. The van der Waals surface area contributed by atoms with Crippen LogP contribution >= 0.6 is 23.1 Å². The summed E-state index contributed by atoms with van der Waals surface area (Å²) < 4.78 is 5.94. The molecule has 2 aromatic heterocycles. The monoisotopic (exact) mass is 383 g/mol. The van der Waals surface area contributed by atoms with Crippen molar-refractivity contribution < 1.29 is 14.3 Å². The second kappa shape index (κ2) is 7.17. The van der Waals surface area contributed by atoms with Gasteiger partial charge in [0.25, 0.3) is 5.56 Å². The number of esters is 1. The predicted molar refractivity (Wildman–Crippen MR) is 99.9 cm³/mol. The van der Waals surface area contributed by atoms with Gasteiger partial charge in [-0.15, -0.1) is 11.3 Å². The first-order valence-corrected chi connectivity index (χ1v) is 9.52. The van der Waals surface area contributed by atoms with E-state index in [1.54, 1.807) is 13.8 Å². The molecule has 0 spiro atoms. The van der Waals surface area contributed by atoms with Crippen LogP contribution < -0.4 is 11.4 Å². The number of fused-ring (bicyclic) bond motifs is 1. The number of hydrogen-bond donors (Lipinski definition) is 1. The molecule has 136 valence electrons. The van der Waals surface area contributed by atoms with Crippen LogP contribution in [0.25, 0.3) is 10.2 Å². The Hall–Kier alpha value is -1.87. The van der Waals surface area contributed by atoms with E-state index in [4.69, 9.17) is 10.6 Å². The van der Waals surface area contributed by atoms with Gasteiger partial charge in [-0.1, -0.05) is 32.5 Å². The normalized spacial score (nSPS) is 11.7. The topological polar surface area (TPSA) is 104 Å². The maximum absolute atomic E-state index is 12.6. The van der Waals surface area contributed by atoms with Gasteiger partial charge >= 0.3 is 5.97 Å². The molecule has 2 rings (SSSR count). The Kier molecular flexibility index (Phi) is 5.58. The summed E-state index contributed by atoms with van der Waals surface area (Å²) in [5, 5.41) is 0.550. The SMILES string of the molecule is CCOC(=O)c1sc2nc(SCC(=O)C(C)(C)C)n(N)c(=O)c2c1C. The van der Waals surface area contributed by atoms with Crippen LogP contribution in [-0.4, -0.2) is 33.8 Å². The van der Waals surface area contributed by atoms with Crippen LogP contribution in [0.4, 0.5) is 0 Å². The standard InChI is InChI=1S/C16H21N3O4S2/c1-6-23-14(22)11-8(2)10-12(25-11)18-15(19(17)13(10)21)24-7-9(20)16(3,4)5/h6-7,17H2,1-5H3. The van der Waals surface area contributed by atoms with Crippen molar-refractivity contribution in [2.45, 2.75) is 39.8 Å². The number of nitrogens with zero attached hydrogens (tertiary/aromatic N) is 2. The van der Waals surface area contributed by atoms with E-state index in [1.807, 2.05) is 20.8 Å². The second-order valence-corrected chi connectivity index (χ2v) is 8.43. The number of rotatable bonds is 5. The molecule has 0 aliphatic carbocycles. The average Bonchev–Trinajstić information content (AvgIpc) is 2.85. The molecule has 0 saturated heterocycles. The lowest BCUT2D eigenvalue weighted by Gasteiger charge is -2.16. The molecule has 0 unspecified atom stereocenters. The van der Waals surface area contributed by atoms with Crippen LogP contribution in [0.1, 0.15) is 42.9 Å². The van der Waals surface area contributed by atoms with Gasteiger partial charge in [0.05, 0.1) is 17.7 Å². The number of aromatic nitrogens is 2. The highest BCUT2D eigenvalue weighted by atomic mass is 32.2. The van der Waals surface area contributed by atoms with E-state index < -0.39 is 16.9 Å². The fraction of sp³-hybridized carbons (Fsp3) is 0.500. The quantitative estimate of drug-likeness (QED) is 0.366. The van der Waals surface area contributed by atoms with Gasteiger partial charge < -0.3 is 10.6 Å². The predicted octanol–water partition coefficient (Wildman–Crippen LogP) is 2.36. The number of carbonyl (C=O) groups is 2. The smallest absolute Gasteiger partial charge is 0.348 e. The molecular formula is C16H21N3O4S2. The zero-order valence-electron chi connectivity index (χ0n) is 14.8. The summed E-state index contributed by atoms with van der Waals surface area (Å²) in [6.45, 7) is 9.12. The fourth-order valence-electron chi connectivity index (χ4n) is 2.02. The first-order valence-electron chi connectivity index (χ1n) is 7.72. The summed E-state index contributed by atoms with van der Waals surface area (Å²) in [4.78, 5) is 41.8. The summed E-state index contributed by atoms with van der Waals surface area (Å²) in [7, 11) is 0. The van der Waals surface area contributed by atoms with Crippen molar-refractivity contribution in [1.29, 1.82) is 0 Å². The Morgan fingerprint density at radius 1 is 1.36 bits per heavy atom. The van der Waals surface area contributed by atoms with E-state index in [9.17, 15) is 14.4 Å². The molecule has 2 heterocycles. The summed E-state index contributed by atoms with van der Waals surface area (Å²) in [5.74, 6) is 5.56. The third kappa shape index (κ3) is 3.87. The maximum atomic E-state index is 12.6. The number of ketones is 1. The van der Waals surface area contributed by atoms with Crippen molar-refractivity contribution in [2.75, 3.05) is 18.2 Å². The Morgan fingerprint density at radius 3 is 2.56 bits per heavy atom. The molecule has 9 heteroatoms. The third-order valence-corrected chi connectivity index (χ3v) is 5.71. The van der Waals surface area contributed by atoms with Crippen LogP contribution in [0.15, 0.2) is 9.95 Å². The number of Topliss-reactive ketones (excluding diaryl/α,β-unsaturated/α-hetero) is 1. The van der Waals surface area contributed by atoms with Gasteiger partial charge in [-0.05, 0) is 19.4 Å². The Labute approximate surface area is 153 Å². The minimum atomic E-state index is -0.483. The lowest BCUT2D eigenvalue weighted by atomic mass is 9.92. The molecule has 0 saturated carbocycles. The Morgan fingerprint density at radius 2 is 2.00 bits per heavy atom.